The van der Waals surface area contributed by atoms with Gasteiger partial charge in [-0.2, -0.15) is 0 Å². The molecule has 1 aromatic heterocycles. The highest BCUT2D eigenvalue weighted by molar-refractivity contribution is 8.18. The van der Waals surface area contributed by atoms with Crippen LogP contribution in [0, 0.1) is 24.0 Å². The Hall–Kier alpha value is -4.37. The van der Waals surface area contributed by atoms with E-state index in [9.17, 15) is 19.7 Å². The maximum absolute atomic E-state index is 13.1. The number of carbonyl (C=O) groups is 2. The Morgan fingerprint density at radius 3 is 2.55 bits per heavy atom. The lowest BCUT2D eigenvalue weighted by molar-refractivity contribution is -0.384. The third-order valence-electron chi connectivity index (χ3n) is 6.40. The van der Waals surface area contributed by atoms with Crippen molar-refractivity contribution in [3.63, 3.8) is 0 Å². The number of nitro benzene ring substituents is 1. The van der Waals surface area contributed by atoms with Gasteiger partial charge in [0.15, 0.2) is 0 Å². The summed E-state index contributed by atoms with van der Waals surface area (Å²) in [5.74, 6) is 0.408. The van der Waals surface area contributed by atoms with Gasteiger partial charge in [0.1, 0.15) is 12.4 Å². The van der Waals surface area contributed by atoms with Crippen LogP contribution in [-0.4, -0.2) is 38.7 Å². The molecule has 38 heavy (non-hydrogen) atoms. The summed E-state index contributed by atoms with van der Waals surface area (Å²) < 4.78 is 7.88. The van der Waals surface area contributed by atoms with Gasteiger partial charge < -0.3 is 9.30 Å². The van der Waals surface area contributed by atoms with E-state index in [0.29, 0.717) is 11.4 Å². The molecular formula is C29H25N3O5S. The van der Waals surface area contributed by atoms with Crippen molar-refractivity contribution in [2.24, 2.45) is 0 Å². The van der Waals surface area contributed by atoms with Crippen molar-refractivity contribution < 1.29 is 19.2 Å². The number of benzene rings is 3. The maximum atomic E-state index is 13.1. The lowest BCUT2D eigenvalue weighted by Crippen LogP contribution is -2.32. The van der Waals surface area contributed by atoms with Gasteiger partial charge in [0.2, 0.25) is 0 Å². The number of rotatable bonds is 8. The Bertz CT molecular complexity index is 1590. The zero-order valence-corrected chi connectivity index (χ0v) is 21.7. The van der Waals surface area contributed by atoms with Crippen molar-refractivity contribution >= 4 is 45.6 Å². The number of para-hydroxylation sites is 1. The summed E-state index contributed by atoms with van der Waals surface area (Å²) in [5.41, 5.74) is 4.80. The molecule has 0 radical (unpaired) electrons. The second kappa shape index (κ2) is 10.5. The third kappa shape index (κ3) is 5.19. The van der Waals surface area contributed by atoms with Gasteiger partial charge in [0.25, 0.3) is 16.8 Å². The van der Waals surface area contributed by atoms with Crippen molar-refractivity contribution in [1.29, 1.82) is 0 Å². The first kappa shape index (κ1) is 25.3. The number of non-ortho nitro benzene ring substituents is 1. The number of ether oxygens (including phenoxy) is 1. The number of thioether (sulfide) groups is 1. The molecule has 0 saturated carbocycles. The van der Waals surface area contributed by atoms with Crippen LogP contribution in [0.4, 0.5) is 10.5 Å². The summed E-state index contributed by atoms with van der Waals surface area (Å²) in [6.07, 6.45) is 3.69. The summed E-state index contributed by atoms with van der Waals surface area (Å²) in [4.78, 5) is 37.9. The van der Waals surface area contributed by atoms with Crippen molar-refractivity contribution in [1.82, 2.24) is 9.47 Å². The molecule has 0 N–H and O–H groups in total. The average Bonchev–Trinajstić information content (AvgIpc) is 3.38. The number of aryl methyl sites for hydroxylation is 2. The van der Waals surface area contributed by atoms with Gasteiger partial charge in [-0.1, -0.05) is 42.5 Å². The molecule has 192 valence electrons. The first-order valence-electron chi connectivity index (χ1n) is 12.1. The first-order chi connectivity index (χ1) is 18.3. The molecule has 2 heterocycles. The minimum Gasteiger partial charge on any atom is -0.491 e. The molecule has 0 aliphatic carbocycles. The molecular weight excluding hydrogens is 502 g/mol. The predicted octanol–water partition coefficient (Wildman–Crippen LogP) is 6.33. The van der Waals surface area contributed by atoms with Gasteiger partial charge in [0, 0.05) is 41.3 Å². The molecule has 0 unspecified atom stereocenters. The molecule has 1 saturated heterocycles. The van der Waals surface area contributed by atoms with E-state index in [-0.39, 0.29) is 30.0 Å². The number of aromatic nitrogens is 1. The number of fused-ring (bicyclic) bond motifs is 1. The Morgan fingerprint density at radius 2 is 1.79 bits per heavy atom. The fourth-order valence-corrected chi connectivity index (χ4v) is 5.24. The molecule has 8 nitrogen and oxygen atoms in total. The summed E-state index contributed by atoms with van der Waals surface area (Å²) in [5, 5.41) is 11.6. The van der Waals surface area contributed by atoms with Gasteiger partial charge >= 0.3 is 0 Å². The monoisotopic (exact) mass is 527 g/mol. The summed E-state index contributed by atoms with van der Waals surface area (Å²) in [7, 11) is 0. The molecule has 1 fully saturated rings. The number of hydrogen-bond donors (Lipinski definition) is 0. The van der Waals surface area contributed by atoms with Gasteiger partial charge in [-0.25, -0.2) is 0 Å². The predicted molar refractivity (Wildman–Crippen MR) is 148 cm³/mol. The van der Waals surface area contributed by atoms with Gasteiger partial charge in [-0.15, -0.1) is 0 Å². The second-order valence-corrected chi connectivity index (χ2v) is 10.1. The van der Waals surface area contributed by atoms with Gasteiger partial charge in [-0.05, 0) is 60.5 Å². The van der Waals surface area contributed by atoms with E-state index in [1.807, 2.05) is 67.1 Å². The zero-order chi connectivity index (χ0) is 26.8. The second-order valence-electron chi connectivity index (χ2n) is 9.10. The first-order valence-corrected chi connectivity index (χ1v) is 12.9. The van der Waals surface area contributed by atoms with Crippen LogP contribution in [0.25, 0.3) is 17.0 Å². The average molecular weight is 528 g/mol. The molecule has 1 aliphatic heterocycles. The number of hydrogen-bond acceptors (Lipinski definition) is 6. The van der Waals surface area contributed by atoms with E-state index < -0.39 is 4.92 Å². The van der Waals surface area contributed by atoms with E-state index in [1.165, 1.54) is 17.0 Å². The molecule has 9 heteroatoms. The fraction of sp³-hybridized carbons (Fsp3) is 0.172. The fourth-order valence-electron chi connectivity index (χ4n) is 4.38. The van der Waals surface area contributed by atoms with Gasteiger partial charge in [-0.3, -0.25) is 24.6 Å². The van der Waals surface area contributed by atoms with Crippen molar-refractivity contribution in [3.8, 4) is 5.75 Å². The van der Waals surface area contributed by atoms with Crippen molar-refractivity contribution in [3.05, 3.63) is 110 Å². The van der Waals surface area contributed by atoms with Crippen LogP contribution in [-0.2, 0) is 11.3 Å². The van der Waals surface area contributed by atoms with Crippen LogP contribution in [0.3, 0.4) is 0 Å². The molecule has 3 aromatic carbocycles. The quantitative estimate of drug-likeness (QED) is 0.151. The number of nitro groups is 1. The largest absolute Gasteiger partial charge is 0.491 e. The summed E-state index contributed by atoms with van der Waals surface area (Å²) in [6, 6.07) is 20.2. The normalized spacial score (nSPS) is 14.6. The highest BCUT2D eigenvalue weighted by Gasteiger charge is 2.35. The number of imide groups is 1. The third-order valence-corrected chi connectivity index (χ3v) is 7.30. The Balaban J connectivity index is 1.34. The topological polar surface area (TPSA) is 94.7 Å². The molecule has 0 bridgehead atoms. The van der Waals surface area contributed by atoms with Crippen LogP contribution in [0.1, 0.15) is 22.3 Å². The number of nitrogens with zero attached hydrogens (tertiary/aromatic N) is 3. The minimum atomic E-state index is -0.421. The lowest BCUT2D eigenvalue weighted by atomic mass is 10.1. The van der Waals surface area contributed by atoms with Crippen LogP contribution >= 0.6 is 11.8 Å². The molecule has 2 amide bonds. The Kier molecular flexibility index (Phi) is 7.02. The highest BCUT2D eigenvalue weighted by atomic mass is 32.2. The molecule has 1 aliphatic rings. The van der Waals surface area contributed by atoms with E-state index in [2.05, 4.69) is 0 Å². The van der Waals surface area contributed by atoms with E-state index in [0.717, 1.165) is 50.7 Å². The molecule has 4 aromatic rings. The Morgan fingerprint density at radius 1 is 1.03 bits per heavy atom. The highest BCUT2D eigenvalue weighted by Crippen LogP contribution is 2.34. The summed E-state index contributed by atoms with van der Waals surface area (Å²) in [6.45, 7) is 4.82. The number of amides is 2. The minimum absolute atomic E-state index is 0.0435. The van der Waals surface area contributed by atoms with Crippen molar-refractivity contribution in [2.75, 3.05) is 13.2 Å². The van der Waals surface area contributed by atoms with Gasteiger partial charge in [0.05, 0.1) is 16.4 Å². The maximum Gasteiger partial charge on any atom is 0.293 e. The Labute approximate surface area is 223 Å². The zero-order valence-electron chi connectivity index (χ0n) is 20.9. The van der Waals surface area contributed by atoms with E-state index >= 15 is 0 Å². The number of carbonyl (C=O) groups excluding carboxylic acids is 2. The standard InChI is InChI=1S/C29H25N3O5S/c1-19-7-8-20(2)26(15-19)37-14-13-31-28(33)27(38-29(31)34)16-22-18-30(25-6-4-3-5-24(22)25)17-21-9-11-23(12-10-21)32(35)36/h3-12,15-16,18H,13-14,17H2,1-2H3/b27-16-. The lowest BCUT2D eigenvalue weighted by Gasteiger charge is -2.14. The molecule has 5 rings (SSSR count). The van der Waals surface area contributed by atoms with E-state index in [1.54, 1.807) is 18.2 Å². The van der Waals surface area contributed by atoms with E-state index in [4.69, 9.17) is 4.74 Å². The smallest absolute Gasteiger partial charge is 0.293 e. The van der Waals surface area contributed by atoms with Crippen LogP contribution in [0.15, 0.2) is 77.8 Å². The van der Waals surface area contributed by atoms with Crippen LogP contribution in [0.5, 0.6) is 5.75 Å². The molecule has 0 spiro atoms. The molecule has 0 atom stereocenters. The van der Waals surface area contributed by atoms with Crippen molar-refractivity contribution in [2.45, 2.75) is 20.4 Å². The van der Waals surface area contributed by atoms with Crippen LogP contribution < -0.4 is 4.74 Å². The summed E-state index contributed by atoms with van der Waals surface area (Å²) >= 11 is 0.924. The SMILES string of the molecule is Cc1ccc(C)c(OCCN2C(=O)S/C(=C\c3cn(Cc4ccc([N+](=O)[O-])cc4)c4ccccc34)C2=O)c1. The van der Waals surface area contributed by atoms with Crippen LogP contribution in [0.2, 0.25) is 0 Å².